The predicted octanol–water partition coefficient (Wildman–Crippen LogP) is 5.58. The van der Waals surface area contributed by atoms with Crippen molar-refractivity contribution in [1.29, 1.82) is 0 Å². The molecule has 3 aromatic rings. The van der Waals surface area contributed by atoms with Gasteiger partial charge in [-0.15, -0.1) is 0 Å². The molecule has 2 unspecified atom stereocenters. The minimum Gasteiger partial charge on any atom is -0.322 e. The maximum atomic E-state index is 12.8. The molecule has 0 aliphatic carbocycles. The number of halogens is 2. The first-order chi connectivity index (χ1) is 15.5. The van der Waals surface area contributed by atoms with Crippen LogP contribution in [0.5, 0.6) is 0 Å². The van der Waals surface area contributed by atoms with Gasteiger partial charge in [0.2, 0.25) is 0 Å². The van der Waals surface area contributed by atoms with Gasteiger partial charge in [-0.3, -0.25) is 4.90 Å². The molecule has 0 saturated carbocycles. The maximum Gasteiger partial charge on any atom is 0.321 e. The van der Waals surface area contributed by atoms with E-state index >= 15 is 0 Å². The van der Waals surface area contributed by atoms with Crippen LogP contribution >= 0.6 is 23.2 Å². The highest BCUT2D eigenvalue weighted by Crippen LogP contribution is 2.33. The van der Waals surface area contributed by atoms with E-state index < -0.39 is 0 Å². The second-order valence-corrected chi connectivity index (χ2v) is 8.71. The Bertz CT molecular complexity index is 1040. The lowest BCUT2D eigenvalue weighted by Gasteiger charge is -2.41. The van der Waals surface area contributed by atoms with Gasteiger partial charge in [0.15, 0.2) is 0 Å². The van der Waals surface area contributed by atoms with Crippen LogP contribution in [0.4, 0.5) is 10.5 Å². The summed E-state index contributed by atoms with van der Waals surface area (Å²) in [6, 6.07) is 25.2. The van der Waals surface area contributed by atoms with Crippen LogP contribution in [0.1, 0.15) is 23.2 Å². The lowest BCUT2D eigenvalue weighted by atomic mass is 9.92. The van der Waals surface area contributed by atoms with Crippen molar-refractivity contribution in [3.63, 3.8) is 0 Å². The summed E-state index contributed by atoms with van der Waals surface area (Å²) in [5.74, 6) is 0. The van der Waals surface area contributed by atoms with Gasteiger partial charge in [0.1, 0.15) is 0 Å². The molecule has 2 atom stereocenters. The SMILES string of the molecule is NC(c1ccccc1)C(c1ccccc1)N1CCN(C(=O)Nc2cc(Cl)ccc2Cl)CC1. The van der Waals surface area contributed by atoms with Crippen molar-refractivity contribution in [2.75, 3.05) is 31.5 Å². The lowest BCUT2D eigenvalue weighted by molar-refractivity contribution is 0.100. The van der Waals surface area contributed by atoms with Gasteiger partial charge in [0.05, 0.1) is 16.8 Å². The van der Waals surface area contributed by atoms with Gasteiger partial charge in [0.25, 0.3) is 0 Å². The van der Waals surface area contributed by atoms with E-state index in [0.717, 1.165) is 18.7 Å². The Morgan fingerprint density at radius 3 is 2.06 bits per heavy atom. The average molecular weight is 469 g/mol. The molecule has 32 heavy (non-hydrogen) atoms. The van der Waals surface area contributed by atoms with E-state index in [1.165, 1.54) is 5.56 Å². The number of amides is 2. The molecule has 5 nitrogen and oxygen atoms in total. The third-order valence-corrected chi connectivity index (χ3v) is 6.40. The van der Waals surface area contributed by atoms with Crippen molar-refractivity contribution in [3.8, 4) is 0 Å². The van der Waals surface area contributed by atoms with Crippen LogP contribution in [-0.2, 0) is 0 Å². The Morgan fingerprint density at radius 1 is 0.844 bits per heavy atom. The highest BCUT2D eigenvalue weighted by molar-refractivity contribution is 6.35. The summed E-state index contributed by atoms with van der Waals surface area (Å²) >= 11 is 12.2. The van der Waals surface area contributed by atoms with Crippen LogP contribution in [0.3, 0.4) is 0 Å². The fourth-order valence-corrected chi connectivity index (χ4v) is 4.48. The Morgan fingerprint density at radius 2 is 1.44 bits per heavy atom. The summed E-state index contributed by atoms with van der Waals surface area (Å²) in [6.07, 6.45) is 0. The number of benzene rings is 3. The van der Waals surface area contributed by atoms with Crippen LogP contribution in [0.2, 0.25) is 10.0 Å². The third-order valence-electron chi connectivity index (χ3n) is 5.83. The van der Waals surface area contributed by atoms with Crippen molar-refractivity contribution in [2.24, 2.45) is 5.73 Å². The molecule has 1 aliphatic rings. The molecule has 0 spiro atoms. The number of nitrogens with two attached hydrogens (primary N) is 1. The first-order valence-electron chi connectivity index (χ1n) is 10.6. The third kappa shape index (κ3) is 5.25. The van der Waals surface area contributed by atoms with Gasteiger partial charge in [0, 0.05) is 37.2 Å². The molecule has 7 heteroatoms. The van der Waals surface area contributed by atoms with Gasteiger partial charge in [-0.2, -0.15) is 0 Å². The minimum absolute atomic E-state index is 0.0196. The van der Waals surface area contributed by atoms with Gasteiger partial charge in [-0.1, -0.05) is 83.9 Å². The molecular weight excluding hydrogens is 443 g/mol. The number of piperazine rings is 1. The van der Waals surface area contributed by atoms with E-state index in [2.05, 4.69) is 34.5 Å². The lowest BCUT2D eigenvalue weighted by Crippen LogP contribution is -2.52. The molecule has 0 bridgehead atoms. The quantitative estimate of drug-likeness (QED) is 0.513. The Balaban J connectivity index is 1.46. The molecule has 3 aromatic carbocycles. The van der Waals surface area contributed by atoms with Gasteiger partial charge < -0.3 is 16.0 Å². The summed E-state index contributed by atoms with van der Waals surface area (Å²) in [7, 11) is 0. The zero-order valence-electron chi connectivity index (χ0n) is 17.6. The summed E-state index contributed by atoms with van der Waals surface area (Å²) in [4.78, 5) is 17.0. The molecule has 0 radical (unpaired) electrons. The molecule has 2 amide bonds. The van der Waals surface area contributed by atoms with E-state index in [0.29, 0.717) is 28.8 Å². The second kappa shape index (κ2) is 10.4. The van der Waals surface area contributed by atoms with Crippen LogP contribution in [0.15, 0.2) is 78.9 Å². The highest BCUT2D eigenvalue weighted by atomic mass is 35.5. The van der Waals surface area contributed by atoms with Crippen LogP contribution < -0.4 is 11.1 Å². The highest BCUT2D eigenvalue weighted by Gasteiger charge is 2.31. The number of hydrogen-bond donors (Lipinski definition) is 2. The summed E-state index contributed by atoms with van der Waals surface area (Å²) in [5.41, 5.74) is 9.55. The molecule has 1 heterocycles. The second-order valence-electron chi connectivity index (χ2n) is 7.87. The zero-order chi connectivity index (χ0) is 22.5. The number of carbonyl (C=O) groups is 1. The zero-order valence-corrected chi connectivity index (χ0v) is 19.1. The molecule has 166 valence electrons. The smallest absolute Gasteiger partial charge is 0.321 e. The number of urea groups is 1. The fourth-order valence-electron chi connectivity index (χ4n) is 4.14. The van der Waals surface area contributed by atoms with Crippen LogP contribution in [0.25, 0.3) is 0 Å². The summed E-state index contributed by atoms with van der Waals surface area (Å²) in [5, 5.41) is 3.85. The number of rotatable bonds is 5. The van der Waals surface area contributed by atoms with E-state index in [1.807, 2.05) is 36.4 Å². The van der Waals surface area contributed by atoms with Crippen LogP contribution in [0, 0.1) is 0 Å². The normalized spacial score (nSPS) is 16.4. The minimum atomic E-state index is -0.183. The van der Waals surface area contributed by atoms with Crippen LogP contribution in [-0.4, -0.2) is 42.0 Å². The Hall–Kier alpha value is -2.57. The van der Waals surface area contributed by atoms with Crippen molar-refractivity contribution >= 4 is 34.9 Å². The monoisotopic (exact) mass is 468 g/mol. The standard InChI is InChI=1S/C25H26Cl2N4O/c26-20-11-12-21(27)22(17-20)29-25(32)31-15-13-30(14-16-31)24(19-9-5-2-6-10-19)23(28)18-7-3-1-4-8-18/h1-12,17,23-24H,13-16,28H2,(H,29,32). The van der Waals surface area contributed by atoms with E-state index in [4.69, 9.17) is 28.9 Å². The first-order valence-corrected chi connectivity index (χ1v) is 11.4. The number of nitrogens with zero attached hydrogens (tertiary/aromatic N) is 2. The summed E-state index contributed by atoms with van der Waals surface area (Å²) < 4.78 is 0. The molecule has 1 aliphatic heterocycles. The van der Waals surface area contributed by atoms with E-state index in [1.54, 1.807) is 23.1 Å². The molecule has 1 saturated heterocycles. The van der Waals surface area contributed by atoms with Gasteiger partial charge in [-0.25, -0.2) is 4.79 Å². The molecule has 1 fully saturated rings. The maximum absolute atomic E-state index is 12.8. The predicted molar refractivity (Wildman–Crippen MR) is 131 cm³/mol. The fraction of sp³-hybridized carbons (Fsp3) is 0.240. The molecular formula is C25H26Cl2N4O. The number of anilines is 1. The Kier molecular flexibility index (Phi) is 7.33. The number of hydrogen-bond acceptors (Lipinski definition) is 3. The Labute approximate surface area is 198 Å². The number of carbonyl (C=O) groups excluding carboxylic acids is 1. The van der Waals surface area contributed by atoms with E-state index in [9.17, 15) is 4.79 Å². The van der Waals surface area contributed by atoms with Gasteiger partial charge in [-0.05, 0) is 29.3 Å². The summed E-state index contributed by atoms with van der Waals surface area (Å²) in [6.45, 7) is 2.62. The topological polar surface area (TPSA) is 61.6 Å². The van der Waals surface area contributed by atoms with Crippen molar-refractivity contribution < 1.29 is 4.79 Å². The largest absolute Gasteiger partial charge is 0.322 e. The van der Waals surface area contributed by atoms with E-state index in [-0.39, 0.29) is 18.1 Å². The first kappa shape index (κ1) is 22.6. The number of nitrogens with one attached hydrogen (secondary N) is 1. The molecule has 0 aromatic heterocycles. The van der Waals surface area contributed by atoms with Crippen molar-refractivity contribution in [2.45, 2.75) is 12.1 Å². The molecule has 3 N–H and O–H groups in total. The van der Waals surface area contributed by atoms with Gasteiger partial charge >= 0.3 is 6.03 Å². The molecule has 4 rings (SSSR count). The average Bonchev–Trinajstić information content (AvgIpc) is 2.83. The van der Waals surface area contributed by atoms with Crippen molar-refractivity contribution in [3.05, 3.63) is 100 Å². The van der Waals surface area contributed by atoms with Crippen molar-refractivity contribution in [1.82, 2.24) is 9.80 Å².